The number of carboxylic acids is 2. The van der Waals surface area contributed by atoms with Gasteiger partial charge in [0.05, 0.1) is 5.41 Å². The molecule has 0 aromatic rings. The molecule has 0 rings (SSSR count). The number of unbranched alkanes of at least 4 members (excludes halogenated alkanes) is 9. The zero-order chi connectivity index (χ0) is 26.5. The van der Waals surface area contributed by atoms with Crippen LogP contribution < -0.4 is 0 Å². The van der Waals surface area contributed by atoms with Gasteiger partial charge in [-0.15, -0.1) is 0 Å². The lowest BCUT2D eigenvalue weighted by atomic mass is 9.65. The van der Waals surface area contributed by atoms with Crippen LogP contribution in [0.15, 0.2) is 0 Å². The van der Waals surface area contributed by atoms with E-state index >= 15 is 0 Å². The van der Waals surface area contributed by atoms with E-state index in [0.717, 1.165) is 64.2 Å². The maximum absolute atomic E-state index is 12.7. The highest BCUT2D eigenvalue weighted by Crippen LogP contribution is 2.44. The van der Waals surface area contributed by atoms with E-state index in [1.165, 1.54) is 57.8 Å². The summed E-state index contributed by atoms with van der Waals surface area (Å²) in [4.78, 5) is 23.3. The molecule has 4 nitrogen and oxygen atoms in total. The van der Waals surface area contributed by atoms with E-state index in [9.17, 15) is 14.7 Å². The predicted molar refractivity (Wildman–Crippen MR) is 149 cm³/mol. The van der Waals surface area contributed by atoms with Crippen molar-refractivity contribution in [1.29, 1.82) is 0 Å². The average Bonchev–Trinajstić information content (AvgIpc) is 2.83. The van der Waals surface area contributed by atoms with E-state index < -0.39 is 17.4 Å². The number of hydrogen-bond donors (Lipinski definition) is 2. The van der Waals surface area contributed by atoms with Crippen molar-refractivity contribution in [2.24, 2.45) is 23.2 Å². The number of carboxylic acid groups (broad SMARTS) is 2. The van der Waals surface area contributed by atoms with E-state index in [0.29, 0.717) is 11.8 Å². The quantitative estimate of drug-likeness (QED) is 0.123. The summed E-state index contributed by atoms with van der Waals surface area (Å²) in [5, 5.41) is 19.2. The highest BCUT2D eigenvalue weighted by atomic mass is 16.4. The van der Waals surface area contributed by atoms with Gasteiger partial charge < -0.3 is 10.2 Å². The van der Waals surface area contributed by atoms with Gasteiger partial charge in [-0.1, -0.05) is 124 Å². The topological polar surface area (TPSA) is 74.6 Å². The molecule has 0 aromatic carbocycles. The van der Waals surface area contributed by atoms with Crippen molar-refractivity contribution >= 4 is 11.9 Å². The average molecular weight is 497 g/mol. The third-order valence-corrected chi connectivity index (χ3v) is 8.50. The van der Waals surface area contributed by atoms with Gasteiger partial charge in [0.25, 0.3) is 0 Å². The van der Waals surface area contributed by atoms with Gasteiger partial charge >= 0.3 is 11.9 Å². The molecule has 35 heavy (non-hydrogen) atoms. The summed E-state index contributed by atoms with van der Waals surface area (Å²) < 4.78 is 0. The molecule has 0 fully saturated rings. The van der Waals surface area contributed by atoms with Gasteiger partial charge in [-0.2, -0.15) is 0 Å². The second-order valence-electron chi connectivity index (χ2n) is 11.5. The largest absolute Gasteiger partial charge is 0.481 e. The molecular weight excluding hydrogens is 436 g/mol. The third-order valence-electron chi connectivity index (χ3n) is 8.50. The van der Waals surface area contributed by atoms with Crippen LogP contribution in [0.5, 0.6) is 0 Å². The number of aliphatic carboxylic acids is 2. The summed E-state index contributed by atoms with van der Waals surface area (Å²) in [6.45, 7) is 11.1. The van der Waals surface area contributed by atoms with Crippen molar-refractivity contribution in [2.75, 3.05) is 0 Å². The van der Waals surface area contributed by atoms with E-state index in [4.69, 9.17) is 5.11 Å². The fourth-order valence-corrected chi connectivity index (χ4v) is 5.78. The van der Waals surface area contributed by atoms with Crippen molar-refractivity contribution in [3.05, 3.63) is 0 Å². The monoisotopic (exact) mass is 496 g/mol. The highest BCUT2D eigenvalue weighted by molar-refractivity contribution is 5.74. The highest BCUT2D eigenvalue weighted by Gasteiger charge is 2.42. The van der Waals surface area contributed by atoms with Gasteiger partial charge in [0, 0.05) is 6.42 Å². The zero-order valence-electron chi connectivity index (χ0n) is 24.1. The molecule has 0 spiro atoms. The van der Waals surface area contributed by atoms with Crippen LogP contribution >= 0.6 is 0 Å². The van der Waals surface area contributed by atoms with E-state index in [1.807, 2.05) is 0 Å². The van der Waals surface area contributed by atoms with Crippen LogP contribution in [0.4, 0.5) is 0 Å². The van der Waals surface area contributed by atoms with Gasteiger partial charge in [0.15, 0.2) is 0 Å². The molecule has 0 saturated carbocycles. The van der Waals surface area contributed by atoms with Crippen molar-refractivity contribution in [3.63, 3.8) is 0 Å². The predicted octanol–water partition coefficient (Wildman–Crippen LogP) is 9.89. The Hall–Kier alpha value is -1.06. The minimum absolute atomic E-state index is 0.258. The molecule has 0 heterocycles. The van der Waals surface area contributed by atoms with Gasteiger partial charge in [-0.3, -0.25) is 9.59 Å². The molecule has 0 aromatic heterocycles. The minimum atomic E-state index is -0.691. The third kappa shape index (κ3) is 15.6. The summed E-state index contributed by atoms with van der Waals surface area (Å²) in [6.07, 6.45) is 21.5. The molecule has 2 N–H and O–H groups in total. The Morgan fingerprint density at radius 2 is 1.14 bits per heavy atom. The van der Waals surface area contributed by atoms with E-state index in [-0.39, 0.29) is 12.3 Å². The van der Waals surface area contributed by atoms with Crippen molar-refractivity contribution in [2.45, 2.75) is 163 Å². The smallest absolute Gasteiger partial charge is 0.309 e. The Morgan fingerprint density at radius 1 is 0.657 bits per heavy atom. The van der Waals surface area contributed by atoms with Crippen LogP contribution in [-0.2, 0) is 9.59 Å². The fraction of sp³-hybridized carbons (Fsp3) is 0.935. The van der Waals surface area contributed by atoms with Gasteiger partial charge in [0.1, 0.15) is 0 Å². The summed E-state index contributed by atoms with van der Waals surface area (Å²) in [5.74, 6) is 0.136. The van der Waals surface area contributed by atoms with Gasteiger partial charge in [-0.25, -0.2) is 0 Å². The molecule has 0 aliphatic heterocycles. The molecule has 0 saturated heterocycles. The Kier molecular flexibility index (Phi) is 20.4. The molecule has 0 aliphatic carbocycles. The van der Waals surface area contributed by atoms with Crippen LogP contribution in [-0.4, -0.2) is 22.2 Å². The fourth-order valence-electron chi connectivity index (χ4n) is 5.78. The first-order chi connectivity index (χ1) is 16.7. The first-order valence-electron chi connectivity index (χ1n) is 15.2. The molecule has 4 heteroatoms. The minimum Gasteiger partial charge on any atom is -0.481 e. The Labute approximate surface area is 218 Å². The van der Waals surface area contributed by atoms with E-state index in [1.54, 1.807) is 0 Å². The van der Waals surface area contributed by atoms with Crippen LogP contribution in [0.25, 0.3) is 0 Å². The number of carbonyl (C=O) groups is 2. The molecule has 4 unspecified atom stereocenters. The van der Waals surface area contributed by atoms with Crippen LogP contribution in [0.1, 0.15) is 163 Å². The number of hydrogen-bond acceptors (Lipinski definition) is 2. The maximum Gasteiger partial charge on any atom is 0.309 e. The molecule has 0 aliphatic rings. The van der Waals surface area contributed by atoms with E-state index in [2.05, 4.69) is 34.6 Å². The van der Waals surface area contributed by atoms with Crippen LogP contribution in [0.2, 0.25) is 0 Å². The maximum atomic E-state index is 12.7. The second kappa shape index (κ2) is 21.1. The second-order valence-corrected chi connectivity index (χ2v) is 11.5. The molecule has 0 radical (unpaired) electrons. The molecule has 208 valence electrons. The standard InChI is InChI=1S/C31H60O4/c1-6-10-20-26(8-3)24-28(22-18-16-14-12-13-15-17-19-23-29(32)33)31(5,30(34)35)25-27(9-4)21-11-7-2/h26-28H,6-25H2,1-5H3,(H,32,33)(H,34,35). The lowest BCUT2D eigenvalue weighted by Gasteiger charge is -2.39. The Bertz CT molecular complexity index is 532. The van der Waals surface area contributed by atoms with Crippen molar-refractivity contribution < 1.29 is 19.8 Å². The van der Waals surface area contributed by atoms with Gasteiger partial charge in [0.2, 0.25) is 0 Å². The normalized spacial score (nSPS) is 15.9. The Morgan fingerprint density at radius 3 is 1.60 bits per heavy atom. The molecule has 0 amide bonds. The van der Waals surface area contributed by atoms with Crippen LogP contribution in [0, 0.1) is 23.2 Å². The summed E-state index contributed by atoms with van der Waals surface area (Å²) >= 11 is 0. The lowest BCUT2D eigenvalue weighted by molar-refractivity contribution is -0.154. The van der Waals surface area contributed by atoms with Gasteiger partial charge in [-0.05, 0) is 50.4 Å². The summed E-state index contributed by atoms with van der Waals surface area (Å²) in [6, 6.07) is 0. The summed E-state index contributed by atoms with van der Waals surface area (Å²) in [5.41, 5.74) is -0.627. The summed E-state index contributed by atoms with van der Waals surface area (Å²) in [7, 11) is 0. The number of rotatable bonds is 25. The lowest BCUT2D eigenvalue weighted by Crippen LogP contribution is -2.39. The van der Waals surface area contributed by atoms with Crippen molar-refractivity contribution in [1.82, 2.24) is 0 Å². The van der Waals surface area contributed by atoms with Crippen molar-refractivity contribution in [3.8, 4) is 0 Å². The zero-order valence-corrected chi connectivity index (χ0v) is 24.1. The van der Waals surface area contributed by atoms with Crippen LogP contribution in [0.3, 0.4) is 0 Å². The molecule has 0 bridgehead atoms. The first kappa shape index (κ1) is 33.9. The Balaban J connectivity index is 4.99. The SMILES string of the molecule is CCCCC(CC)CC(CCCCCCCCCCC(=O)O)C(C)(CC(CC)CCCC)C(=O)O. The molecular formula is C31H60O4. The first-order valence-corrected chi connectivity index (χ1v) is 15.2. The molecule has 4 atom stereocenters.